The van der Waals surface area contributed by atoms with Crippen LogP contribution >= 0.6 is 0 Å². The first kappa shape index (κ1) is 58.4. The van der Waals surface area contributed by atoms with Crippen molar-refractivity contribution < 1.29 is 28.6 Å². The average Bonchev–Trinajstić information content (AvgIpc) is 3.22. The van der Waals surface area contributed by atoms with Crippen molar-refractivity contribution in [2.75, 3.05) is 13.2 Å². The Balaban J connectivity index is 4.24. The summed E-state index contributed by atoms with van der Waals surface area (Å²) in [5.74, 6) is 0.831. The zero-order valence-corrected chi connectivity index (χ0v) is 41.1. The quantitative estimate of drug-likeness (QED) is 0.0345. The molecule has 356 valence electrons. The minimum Gasteiger partial charge on any atom is -0.462 e. The van der Waals surface area contributed by atoms with E-state index < -0.39 is 6.10 Å². The average molecular weight is 849 g/mol. The summed E-state index contributed by atoms with van der Waals surface area (Å²) in [4.78, 5) is 37.9. The summed E-state index contributed by atoms with van der Waals surface area (Å²) in [6.45, 7) is 11.4. The lowest BCUT2D eigenvalue weighted by atomic mass is 10.0. The normalized spacial score (nSPS) is 12.1. The first-order chi connectivity index (χ1) is 29.2. The van der Waals surface area contributed by atoms with Crippen LogP contribution in [0.4, 0.5) is 0 Å². The second kappa shape index (κ2) is 46.9. The van der Waals surface area contributed by atoms with Crippen LogP contribution in [-0.2, 0) is 28.6 Å². The third kappa shape index (κ3) is 47.5. The van der Waals surface area contributed by atoms with Gasteiger partial charge in [-0.2, -0.15) is 0 Å². The molecule has 0 saturated carbocycles. The van der Waals surface area contributed by atoms with Crippen molar-refractivity contribution in [1.29, 1.82) is 0 Å². The van der Waals surface area contributed by atoms with Crippen LogP contribution in [-0.4, -0.2) is 37.2 Å². The van der Waals surface area contributed by atoms with Crippen LogP contribution in [0.5, 0.6) is 0 Å². The van der Waals surface area contributed by atoms with Crippen LogP contribution in [0.1, 0.15) is 298 Å². The molecule has 0 aliphatic heterocycles. The van der Waals surface area contributed by atoms with Crippen molar-refractivity contribution in [2.45, 2.75) is 304 Å². The summed E-state index contributed by atoms with van der Waals surface area (Å²) < 4.78 is 16.8. The molecule has 0 aliphatic carbocycles. The second-order valence-electron chi connectivity index (χ2n) is 19.5. The van der Waals surface area contributed by atoms with Crippen molar-refractivity contribution in [2.24, 2.45) is 11.8 Å². The molecular formula is C54H104O6. The lowest BCUT2D eigenvalue weighted by molar-refractivity contribution is -0.167. The Hall–Kier alpha value is -1.59. The number of hydrogen-bond donors (Lipinski definition) is 0. The van der Waals surface area contributed by atoms with Gasteiger partial charge in [-0.3, -0.25) is 14.4 Å². The van der Waals surface area contributed by atoms with Gasteiger partial charge < -0.3 is 14.2 Å². The maximum atomic E-state index is 12.8. The highest BCUT2D eigenvalue weighted by Gasteiger charge is 2.19. The van der Waals surface area contributed by atoms with E-state index in [1.807, 2.05) is 0 Å². The molecule has 0 N–H and O–H groups in total. The lowest BCUT2D eigenvalue weighted by Gasteiger charge is -2.18. The Kier molecular flexibility index (Phi) is 45.7. The third-order valence-corrected chi connectivity index (χ3v) is 12.2. The molecule has 60 heavy (non-hydrogen) atoms. The molecule has 0 aromatic carbocycles. The van der Waals surface area contributed by atoms with Crippen LogP contribution in [0.15, 0.2) is 0 Å². The van der Waals surface area contributed by atoms with Crippen LogP contribution < -0.4 is 0 Å². The molecule has 0 aromatic heterocycles. The fourth-order valence-corrected chi connectivity index (χ4v) is 8.17. The van der Waals surface area contributed by atoms with Gasteiger partial charge in [-0.05, 0) is 31.1 Å². The molecule has 0 aliphatic rings. The van der Waals surface area contributed by atoms with E-state index in [0.29, 0.717) is 19.3 Å². The standard InChI is InChI=1S/C54H104O6/c1-6-7-8-9-10-22-29-34-39-44-52(55)58-47-51(48-59-53(56)45-40-35-30-25-21-17-19-24-28-33-38-43-50(4)5)60-54(57)46-41-36-31-26-20-16-14-12-11-13-15-18-23-27-32-37-42-49(2)3/h49-51H,6-48H2,1-5H3/t51-/m1/s1. The third-order valence-electron chi connectivity index (χ3n) is 12.2. The van der Waals surface area contributed by atoms with Crippen LogP contribution in [0, 0.1) is 11.8 Å². The first-order valence-electron chi connectivity index (χ1n) is 26.7. The van der Waals surface area contributed by atoms with Crippen LogP contribution in [0.25, 0.3) is 0 Å². The van der Waals surface area contributed by atoms with Gasteiger partial charge >= 0.3 is 17.9 Å². The molecule has 0 fully saturated rings. The highest BCUT2D eigenvalue weighted by Crippen LogP contribution is 2.18. The summed E-state index contributed by atoms with van der Waals surface area (Å²) in [6, 6.07) is 0. The van der Waals surface area contributed by atoms with Gasteiger partial charge in [-0.1, -0.05) is 259 Å². The number of ether oxygens (including phenoxy) is 3. The van der Waals surface area contributed by atoms with Crippen molar-refractivity contribution in [3.63, 3.8) is 0 Å². The monoisotopic (exact) mass is 849 g/mol. The van der Waals surface area contributed by atoms with Crippen molar-refractivity contribution in [1.82, 2.24) is 0 Å². The van der Waals surface area contributed by atoms with Gasteiger partial charge in [0.15, 0.2) is 6.10 Å². The van der Waals surface area contributed by atoms with Gasteiger partial charge in [0.1, 0.15) is 13.2 Å². The van der Waals surface area contributed by atoms with E-state index in [2.05, 4.69) is 34.6 Å². The summed E-state index contributed by atoms with van der Waals surface area (Å²) in [5, 5.41) is 0. The van der Waals surface area contributed by atoms with Gasteiger partial charge in [0.05, 0.1) is 0 Å². The Bertz CT molecular complexity index is 916. The minimum atomic E-state index is -0.761. The summed E-state index contributed by atoms with van der Waals surface area (Å²) in [7, 11) is 0. The molecule has 0 radical (unpaired) electrons. The molecular weight excluding hydrogens is 745 g/mol. The summed E-state index contributed by atoms with van der Waals surface area (Å²) in [5.41, 5.74) is 0. The Morgan fingerprint density at radius 3 is 0.817 bits per heavy atom. The van der Waals surface area contributed by atoms with Gasteiger partial charge in [-0.25, -0.2) is 0 Å². The molecule has 0 rings (SSSR count). The first-order valence-corrected chi connectivity index (χ1v) is 26.7. The fourth-order valence-electron chi connectivity index (χ4n) is 8.17. The number of unbranched alkanes of at least 4 members (excludes halogenated alkanes) is 33. The highest BCUT2D eigenvalue weighted by molar-refractivity contribution is 5.71. The summed E-state index contributed by atoms with van der Waals surface area (Å²) >= 11 is 0. The maximum absolute atomic E-state index is 12.8. The van der Waals surface area contributed by atoms with E-state index in [1.165, 1.54) is 186 Å². The van der Waals surface area contributed by atoms with Crippen LogP contribution in [0.2, 0.25) is 0 Å². The number of rotatable bonds is 48. The number of carbonyl (C=O) groups excluding carboxylic acids is 3. The zero-order valence-electron chi connectivity index (χ0n) is 41.1. The van der Waals surface area contributed by atoms with Crippen molar-refractivity contribution in [3.8, 4) is 0 Å². The number of hydrogen-bond acceptors (Lipinski definition) is 6. The molecule has 0 saturated heterocycles. The zero-order chi connectivity index (χ0) is 44.0. The molecule has 0 aromatic rings. The number of carbonyl (C=O) groups is 3. The molecule has 6 heteroatoms. The Morgan fingerprint density at radius 1 is 0.317 bits per heavy atom. The molecule has 6 nitrogen and oxygen atoms in total. The van der Waals surface area contributed by atoms with E-state index in [0.717, 1.165) is 69.6 Å². The van der Waals surface area contributed by atoms with E-state index in [1.54, 1.807) is 0 Å². The largest absolute Gasteiger partial charge is 0.462 e. The van der Waals surface area contributed by atoms with Gasteiger partial charge in [-0.15, -0.1) is 0 Å². The van der Waals surface area contributed by atoms with Crippen LogP contribution in [0.3, 0.4) is 0 Å². The predicted octanol–water partition coefficient (Wildman–Crippen LogP) is 17.3. The Labute approximate surface area is 374 Å². The summed E-state index contributed by atoms with van der Waals surface area (Å²) in [6.07, 6.45) is 48.1. The maximum Gasteiger partial charge on any atom is 0.306 e. The van der Waals surface area contributed by atoms with Crippen molar-refractivity contribution in [3.05, 3.63) is 0 Å². The topological polar surface area (TPSA) is 78.9 Å². The smallest absolute Gasteiger partial charge is 0.306 e. The van der Waals surface area contributed by atoms with Crippen molar-refractivity contribution >= 4 is 17.9 Å². The van der Waals surface area contributed by atoms with Gasteiger partial charge in [0.2, 0.25) is 0 Å². The van der Waals surface area contributed by atoms with E-state index in [4.69, 9.17) is 14.2 Å². The fraction of sp³-hybridized carbons (Fsp3) is 0.944. The number of esters is 3. The highest BCUT2D eigenvalue weighted by atomic mass is 16.6. The van der Waals surface area contributed by atoms with E-state index >= 15 is 0 Å². The van der Waals surface area contributed by atoms with E-state index in [-0.39, 0.29) is 31.1 Å². The van der Waals surface area contributed by atoms with Gasteiger partial charge in [0, 0.05) is 19.3 Å². The minimum absolute atomic E-state index is 0.0636. The Morgan fingerprint density at radius 2 is 0.550 bits per heavy atom. The second-order valence-corrected chi connectivity index (χ2v) is 19.5. The van der Waals surface area contributed by atoms with E-state index in [9.17, 15) is 14.4 Å². The molecule has 0 heterocycles. The molecule has 0 amide bonds. The molecule has 1 atom stereocenters. The van der Waals surface area contributed by atoms with Gasteiger partial charge in [0.25, 0.3) is 0 Å². The predicted molar refractivity (Wildman–Crippen MR) is 256 cm³/mol. The molecule has 0 unspecified atom stereocenters. The lowest BCUT2D eigenvalue weighted by Crippen LogP contribution is -2.30. The molecule has 0 spiro atoms. The SMILES string of the molecule is CCCCCCCCCCCC(=O)OC[C@H](COC(=O)CCCCCCCCCCCCCC(C)C)OC(=O)CCCCCCCCCCCCCCCCCCC(C)C. The molecule has 0 bridgehead atoms.